The lowest BCUT2D eigenvalue weighted by Crippen LogP contribution is -2.47. The van der Waals surface area contributed by atoms with Crippen molar-refractivity contribution in [1.29, 1.82) is 0 Å². The largest absolute Gasteiger partial charge is 0.405 e. The minimum absolute atomic E-state index is 0.147. The molecule has 0 unspecified atom stereocenters. The molecule has 0 spiro atoms. The molecule has 0 saturated carbocycles. The van der Waals surface area contributed by atoms with E-state index < -0.39 is 24.0 Å². The lowest BCUT2D eigenvalue weighted by atomic mass is 9.73. The van der Waals surface area contributed by atoms with Crippen molar-refractivity contribution >= 4 is 17.7 Å². The normalized spacial score (nSPS) is 13.2. The van der Waals surface area contributed by atoms with Gasteiger partial charge in [-0.05, 0) is 47.2 Å². The van der Waals surface area contributed by atoms with E-state index in [2.05, 4.69) is 16.0 Å². The Kier molecular flexibility index (Phi) is 9.24. The van der Waals surface area contributed by atoms with Crippen molar-refractivity contribution in [3.63, 3.8) is 0 Å². The summed E-state index contributed by atoms with van der Waals surface area (Å²) >= 11 is 0. The predicted octanol–water partition coefficient (Wildman–Crippen LogP) is 5.13. The molecule has 0 fully saturated rings. The number of alkyl halides is 3. The fraction of sp³-hybridized carbons (Fsp3) is 0.323. The number of carbonyl (C=O) groups is 3. The fourth-order valence-corrected chi connectivity index (χ4v) is 5.27. The third-order valence-corrected chi connectivity index (χ3v) is 7.13. The van der Waals surface area contributed by atoms with Crippen molar-refractivity contribution in [2.24, 2.45) is 0 Å². The van der Waals surface area contributed by atoms with E-state index in [9.17, 15) is 27.6 Å². The quantitative estimate of drug-likeness (QED) is 0.273. The Balaban J connectivity index is 1.31. The summed E-state index contributed by atoms with van der Waals surface area (Å²) in [5.74, 6) is -1.08. The molecule has 0 radical (unpaired) electrons. The Morgan fingerprint density at radius 3 is 1.90 bits per heavy atom. The van der Waals surface area contributed by atoms with Crippen LogP contribution in [0.25, 0.3) is 11.1 Å². The second kappa shape index (κ2) is 12.8. The molecule has 1 aliphatic carbocycles. The third kappa shape index (κ3) is 6.70. The lowest BCUT2D eigenvalue weighted by Gasteiger charge is -2.31. The molecular formula is C31H32F3N3O3. The fourth-order valence-electron chi connectivity index (χ4n) is 5.27. The van der Waals surface area contributed by atoms with Gasteiger partial charge in [0.15, 0.2) is 0 Å². The molecule has 4 rings (SSSR count). The maximum Gasteiger partial charge on any atom is 0.405 e. The van der Waals surface area contributed by atoms with Crippen LogP contribution >= 0.6 is 0 Å². The van der Waals surface area contributed by atoms with Gasteiger partial charge in [-0.2, -0.15) is 13.2 Å². The number of rotatable bonds is 12. The first-order valence-corrected chi connectivity index (χ1v) is 13.4. The number of unbranched alkanes of at least 4 members (excludes halogenated alkanes) is 2. The highest BCUT2D eigenvalue weighted by atomic mass is 19.4. The molecular weight excluding hydrogens is 519 g/mol. The van der Waals surface area contributed by atoms with Crippen LogP contribution < -0.4 is 16.0 Å². The molecule has 9 heteroatoms. The number of benzene rings is 3. The second-order valence-electron chi connectivity index (χ2n) is 9.83. The zero-order chi connectivity index (χ0) is 28.6. The van der Waals surface area contributed by atoms with Crippen molar-refractivity contribution in [3.8, 4) is 11.1 Å². The molecule has 3 N–H and O–H groups in total. The number of hydrogen-bond donors (Lipinski definition) is 3. The Morgan fingerprint density at radius 2 is 1.27 bits per heavy atom. The van der Waals surface area contributed by atoms with Crippen LogP contribution in [-0.2, 0) is 15.0 Å². The third-order valence-electron chi connectivity index (χ3n) is 7.13. The Bertz CT molecular complexity index is 1300. The van der Waals surface area contributed by atoms with E-state index in [0.717, 1.165) is 11.1 Å². The van der Waals surface area contributed by atoms with E-state index in [1.165, 1.54) is 0 Å². The number of amides is 3. The van der Waals surface area contributed by atoms with Gasteiger partial charge < -0.3 is 16.0 Å². The van der Waals surface area contributed by atoms with Gasteiger partial charge >= 0.3 is 6.18 Å². The summed E-state index contributed by atoms with van der Waals surface area (Å²) in [6.07, 6.45) is -2.14. The standard InChI is InChI=1S/C31H32F3N3O3/c32-31(33,34)21-37-29(40)30(25-15-7-5-13-23(25)24-14-6-8-16-26(24)30)18-9-2-10-19-35-27(38)17-20-36-28(39)22-11-3-1-4-12-22/h1,3-8,11-16H,2,9-10,17-21H2,(H,35,38)(H,36,39)(H,37,40). The summed E-state index contributed by atoms with van der Waals surface area (Å²) in [4.78, 5) is 37.7. The van der Waals surface area contributed by atoms with Gasteiger partial charge in [-0.25, -0.2) is 0 Å². The molecule has 6 nitrogen and oxygen atoms in total. The Hall–Kier alpha value is -4.14. The SMILES string of the molecule is O=C(CCNC(=O)c1ccccc1)NCCCCCC1(C(=O)NCC(F)(F)F)c2ccccc2-c2ccccc21. The van der Waals surface area contributed by atoms with E-state index in [0.29, 0.717) is 48.9 Å². The van der Waals surface area contributed by atoms with E-state index >= 15 is 0 Å². The molecule has 0 bridgehead atoms. The van der Waals surface area contributed by atoms with Crippen LogP contribution in [0.3, 0.4) is 0 Å². The first-order chi connectivity index (χ1) is 19.2. The topological polar surface area (TPSA) is 87.3 Å². The van der Waals surface area contributed by atoms with Gasteiger partial charge in [0.25, 0.3) is 5.91 Å². The number of halogens is 3. The van der Waals surface area contributed by atoms with Crippen LogP contribution in [-0.4, -0.2) is 43.5 Å². The second-order valence-corrected chi connectivity index (χ2v) is 9.83. The smallest absolute Gasteiger partial charge is 0.356 e. The molecule has 0 atom stereocenters. The van der Waals surface area contributed by atoms with Crippen molar-refractivity contribution in [2.75, 3.05) is 19.6 Å². The van der Waals surface area contributed by atoms with Crippen LogP contribution in [0.15, 0.2) is 78.9 Å². The zero-order valence-electron chi connectivity index (χ0n) is 22.0. The van der Waals surface area contributed by atoms with E-state index in [1.54, 1.807) is 36.4 Å². The molecule has 3 aromatic carbocycles. The van der Waals surface area contributed by atoms with E-state index in [4.69, 9.17) is 0 Å². The summed E-state index contributed by atoms with van der Waals surface area (Å²) in [6, 6.07) is 23.5. The van der Waals surface area contributed by atoms with Crippen LogP contribution in [0.5, 0.6) is 0 Å². The van der Waals surface area contributed by atoms with Gasteiger partial charge in [0.2, 0.25) is 11.8 Å². The molecule has 0 aromatic heterocycles. The van der Waals surface area contributed by atoms with Gasteiger partial charge in [-0.3, -0.25) is 14.4 Å². The average Bonchev–Trinajstić information content (AvgIpc) is 3.24. The van der Waals surface area contributed by atoms with Crippen molar-refractivity contribution < 1.29 is 27.6 Å². The van der Waals surface area contributed by atoms with Gasteiger partial charge in [0.05, 0.1) is 0 Å². The summed E-state index contributed by atoms with van der Waals surface area (Å²) in [5.41, 5.74) is 2.43. The highest BCUT2D eigenvalue weighted by Gasteiger charge is 2.49. The maximum absolute atomic E-state index is 13.5. The Morgan fingerprint density at radius 1 is 0.675 bits per heavy atom. The molecule has 0 aliphatic heterocycles. The maximum atomic E-state index is 13.5. The van der Waals surface area contributed by atoms with E-state index in [-0.39, 0.29) is 24.8 Å². The van der Waals surface area contributed by atoms with E-state index in [1.807, 2.05) is 42.5 Å². The summed E-state index contributed by atoms with van der Waals surface area (Å²) in [7, 11) is 0. The van der Waals surface area contributed by atoms with Gasteiger partial charge in [-0.15, -0.1) is 0 Å². The number of fused-ring (bicyclic) bond motifs is 3. The predicted molar refractivity (Wildman–Crippen MR) is 147 cm³/mol. The first kappa shape index (κ1) is 28.9. The molecule has 1 aliphatic rings. The van der Waals surface area contributed by atoms with Crippen LogP contribution in [0.1, 0.15) is 53.6 Å². The molecule has 0 heterocycles. The number of carbonyl (C=O) groups excluding carboxylic acids is 3. The molecule has 3 amide bonds. The monoisotopic (exact) mass is 551 g/mol. The van der Waals surface area contributed by atoms with Crippen LogP contribution in [0, 0.1) is 0 Å². The zero-order valence-corrected chi connectivity index (χ0v) is 22.0. The lowest BCUT2D eigenvalue weighted by molar-refractivity contribution is -0.141. The molecule has 3 aromatic rings. The first-order valence-electron chi connectivity index (χ1n) is 13.4. The highest BCUT2D eigenvalue weighted by molar-refractivity contribution is 6.00. The molecule has 0 saturated heterocycles. The van der Waals surface area contributed by atoms with Crippen LogP contribution in [0.4, 0.5) is 13.2 Å². The summed E-state index contributed by atoms with van der Waals surface area (Å²) in [5, 5.41) is 7.69. The summed E-state index contributed by atoms with van der Waals surface area (Å²) in [6.45, 7) is -0.754. The average molecular weight is 552 g/mol. The van der Waals surface area contributed by atoms with Crippen molar-refractivity contribution in [3.05, 3.63) is 95.6 Å². The minimum Gasteiger partial charge on any atom is -0.356 e. The van der Waals surface area contributed by atoms with Gasteiger partial charge in [0, 0.05) is 25.1 Å². The summed E-state index contributed by atoms with van der Waals surface area (Å²) < 4.78 is 39.0. The molecule has 40 heavy (non-hydrogen) atoms. The highest BCUT2D eigenvalue weighted by Crippen LogP contribution is 2.51. The number of nitrogens with one attached hydrogen (secondary N) is 3. The Labute approximate surface area is 231 Å². The van der Waals surface area contributed by atoms with Gasteiger partial charge in [-0.1, -0.05) is 79.6 Å². The minimum atomic E-state index is -4.52. The van der Waals surface area contributed by atoms with Gasteiger partial charge in [0.1, 0.15) is 12.0 Å². The molecule has 210 valence electrons. The van der Waals surface area contributed by atoms with Crippen LogP contribution in [0.2, 0.25) is 0 Å². The number of hydrogen-bond acceptors (Lipinski definition) is 3. The van der Waals surface area contributed by atoms with Crippen molar-refractivity contribution in [2.45, 2.75) is 43.7 Å². The van der Waals surface area contributed by atoms with Crippen molar-refractivity contribution in [1.82, 2.24) is 16.0 Å².